The van der Waals surface area contributed by atoms with Crippen molar-refractivity contribution < 1.29 is 49.2 Å². The van der Waals surface area contributed by atoms with Gasteiger partial charge in [-0.25, -0.2) is 0 Å². The van der Waals surface area contributed by atoms with E-state index in [0.29, 0.717) is 0 Å². The van der Waals surface area contributed by atoms with Crippen LogP contribution in [0.1, 0.15) is 116 Å². The van der Waals surface area contributed by atoms with Crippen molar-refractivity contribution >= 4 is 3.32 Å². The van der Waals surface area contributed by atoms with Gasteiger partial charge in [0.1, 0.15) is 0 Å². The maximum absolute atomic E-state index is 2.56. The Balaban J connectivity index is 0.00000256. The van der Waals surface area contributed by atoms with E-state index < -0.39 is 0 Å². The molecule has 0 radical (unpaired) electrons. The van der Waals surface area contributed by atoms with Crippen LogP contribution in [0.15, 0.2) is 18.2 Å². The second kappa shape index (κ2) is 9.16. The molecule has 2 aromatic rings. The molecule has 175 valence electrons. The number of benzene rings is 2. The summed E-state index contributed by atoms with van der Waals surface area (Å²) in [4.78, 5) is 0. The summed E-state index contributed by atoms with van der Waals surface area (Å²) >= 11 is 1.10. The van der Waals surface area contributed by atoms with E-state index in [9.17, 15) is 0 Å². The van der Waals surface area contributed by atoms with Crippen molar-refractivity contribution in [2.24, 2.45) is 0 Å². The average molecular weight is 639 g/mol. The maximum Gasteiger partial charge on any atom is -1.00 e. The Kier molecular flexibility index (Phi) is 8.56. The third-order valence-corrected chi connectivity index (χ3v) is 8.49. The van der Waals surface area contributed by atoms with Crippen molar-refractivity contribution in [3.8, 4) is 11.1 Å². The van der Waals surface area contributed by atoms with Crippen LogP contribution in [0.3, 0.4) is 0 Å². The number of fused-ring (bicyclic) bond motifs is 3. The van der Waals surface area contributed by atoms with E-state index >= 15 is 0 Å². The SMILES string of the molecule is CC(C)(C)c1cc2c(cc1C(C)(C)C)-c1cc(C(C)(C)C)c(C(C)(C)C)[c]([Hf+2])c1C2.[Cl-].[Cl-]. The fourth-order valence-corrected chi connectivity index (χ4v) is 7.62. The molecule has 0 atom stereocenters. The molecule has 0 nitrogen and oxygen atoms in total. The molecule has 0 aliphatic heterocycles. The molecular formula is C29H41Cl2Hf. The Hall–Kier alpha value is -0.110. The molecule has 0 bridgehead atoms. The molecule has 0 saturated carbocycles. The van der Waals surface area contributed by atoms with Gasteiger partial charge in [-0.15, -0.1) is 0 Å². The predicted molar refractivity (Wildman–Crippen MR) is 129 cm³/mol. The van der Waals surface area contributed by atoms with Crippen LogP contribution >= 0.6 is 0 Å². The summed E-state index contributed by atoms with van der Waals surface area (Å²) in [6.45, 7) is 28.5. The molecule has 0 N–H and O–H groups in total. The third-order valence-electron chi connectivity index (χ3n) is 6.51. The van der Waals surface area contributed by atoms with E-state index in [1.54, 1.807) is 20.0 Å². The standard InChI is InChI=1S/C29H41.2ClH.Hf/c1-26(2,3)22-14-18-13-19-15-23(27(4,5)6)25(29(10,11)12)17-21(19)20(18)16-24(22)28(7,8)9;;;/h14,16-17H,13H2,1-12H3;2*1H;/q;;;+2/p-2. The number of halogens is 2. The molecule has 2 aromatic carbocycles. The zero-order chi connectivity index (χ0) is 23.0. The number of hydrogen-bond acceptors (Lipinski definition) is 0. The smallest absolute Gasteiger partial charge is 1.00 e. The van der Waals surface area contributed by atoms with Crippen LogP contribution in [0.2, 0.25) is 0 Å². The zero-order valence-corrected chi connectivity index (χ0v) is 27.3. The Bertz CT molecular complexity index is 1000. The first-order chi connectivity index (χ1) is 13.3. The van der Waals surface area contributed by atoms with Gasteiger partial charge in [0.25, 0.3) is 0 Å². The summed E-state index contributed by atoms with van der Waals surface area (Å²) in [5.74, 6) is 0. The van der Waals surface area contributed by atoms with E-state index in [4.69, 9.17) is 0 Å². The van der Waals surface area contributed by atoms with Gasteiger partial charge in [0.05, 0.1) is 0 Å². The molecule has 0 aromatic heterocycles. The summed E-state index contributed by atoms with van der Waals surface area (Å²) < 4.78 is 1.65. The summed E-state index contributed by atoms with van der Waals surface area (Å²) in [6.07, 6.45) is 1.10. The average Bonchev–Trinajstić information content (AvgIpc) is 2.88. The monoisotopic (exact) mass is 639 g/mol. The van der Waals surface area contributed by atoms with Crippen LogP contribution in [0.5, 0.6) is 0 Å². The zero-order valence-electron chi connectivity index (χ0n) is 22.2. The minimum absolute atomic E-state index is 0. The van der Waals surface area contributed by atoms with Gasteiger partial charge < -0.3 is 24.8 Å². The third kappa shape index (κ3) is 5.41. The van der Waals surface area contributed by atoms with E-state index in [1.807, 2.05) is 0 Å². The van der Waals surface area contributed by atoms with Crippen molar-refractivity contribution in [1.82, 2.24) is 0 Å². The van der Waals surface area contributed by atoms with Gasteiger partial charge in [-0.2, -0.15) is 0 Å². The maximum atomic E-state index is 2.56. The van der Waals surface area contributed by atoms with E-state index in [1.165, 1.54) is 27.8 Å². The Morgan fingerprint density at radius 2 is 0.969 bits per heavy atom. The molecule has 0 heterocycles. The van der Waals surface area contributed by atoms with Crippen molar-refractivity contribution in [1.29, 1.82) is 0 Å². The fraction of sp³-hybridized carbons (Fsp3) is 0.586. The van der Waals surface area contributed by atoms with Crippen LogP contribution in [-0.2, 0) is 52.5 Å². The van der Waals surface area contributed by atoms with E-state index in [2.05, 4.69) is 101 Å². The molecule has 3 rings (SSSR count). The normalized spacial score (nSPS) is 13.8. The van der Waals surface area contributed by atoms with Crippen LogP contribution in [-0.4, -0.2) is 0 Å². The summed E-state index contributed by atoms with van der Waals surface area (Å²) in [5, 5.41) is 0. The predicted octanol–water partition coefficient (Wildman–Crippen LogP) is 1.63. The van der Waals surface area contributed by atoms with Crippen LogP contribution in [0.25, 0.3) is 11.1 Å². The Labute approximate surface area is 225 Å². The molecule has 1 aliphatic carbocycles. The van der Waals surface area contributed by atoms with Crippen molar-refractivity contribution in [2.45, 2.75) is 111 Å². The summed E-state index contributed by atoms with van der Waals surface area (Å²) in [5.41, 5.74) is 13.0. The topological polar surface area (TPSA) is 0 Å². The van der Waals surface area contributed by atoms with Crippen molar-refractivity contribution in [3.05, 3.63) is 51.6 Å². The van der Waals surface area contributed by atoms with Gasteiger partial charge in [0.2, 0.25) is 0 Å². The van der Waals surface area contributed by atoms with Gasteiger partial charge in [0.15, 0.2) is 0 Å². The van der Waals surface area contributed by atoms with Crippen molar-refractivity contribution in [3.63, 3.8) is 0 Å². The first-order valence-corrected chi connectivity index (χ1v) is 13.2. The molecule has 32 heavy (non-hydrogen) atoms. The minimum atomic E-state index is 0. The number of rotatable bonds is 0. The minimum Gasteiger partial charge on any atom is -1.00 e. The fourth-order valence-electron chi connectivity index (χ4n) is 4.99. The van der Waals surface area contributed by atoms with E-state index in [0.717, 1.165) is 30.8 Å². The molecule has 0 amide bonds. The molecule has 0 spiro atoms. The molecule has 0 fully saturated rings. The van der Waals surface area contributed by atoms with Crippen LogP contribution in [0, 0.1) is 0 Å². The second-order valence-electron chi connectivity index (χ2n) is 13.4. The van der Waals surface area contributed by atoms with Gasteiger partial charge >= 0.3 is 202 Å². The van der Waals surface area contributed by atoms with Gasteiger partial charge in [0, 0.05) is 0 Å². The summed E-state index contributed by atoms with van der Waals surface area (Å²) in [6, 6.07) is 7.66. The first-order valence-electron chi connectivity index (χ1n) is 11.4. The van der Waals surface area contributed by atoms with Gasteiger partial charge in [-0.1, -0.05) is 0 Å². The van der Waals surface area contributed by atoms with E-state index in [-0.39, 0.29) is 46.5 Å². The number of hydrogen-bond donors (Lipinski definition) is 0. The van der Waals surface area contributed by atoms with Crippen LogP contribution < -0.4 is 28.1 Å². The molecule has 0 saturated heterocycles. The summed E-state index contributed by atoms with van der Waals surface area (Å²) in [7, 11) is 0. The second-order valence-corrected chi connectivity index (χ2v) is 15.2. The molecule has 0 unspecified atom stereocenters. The Morgan fingerprint density at radius 1 is 0.562 bits per heavy atom. The molecular weight excluding hydrogens is 598 g/mol. The molecule has 3 heteroatoms. The van der Waals surface area contributed by atoms with Crippen LogP contribution in [0.4, 0.5) is 0 Å². The quantitative estimate of drug-likeness (QED) is 0.329. The van der Waals surface area contributed by atoms with Gasteiger partial charge in [-0.3, -0.25) is 0 Å². The largest absolute Gasteiger partial charge is 1.00 e. The Morgan fingerprint density at radius 3 is 1.38 bits per heavy atom. The van der Waals surface area contributed by atoms with Gasteiger partial charge in [-0.05, 0) is 0 Å². The molecule has 1 aliphatic rings. The first kappa shape index (κ1) is 29.9. The van der Waals surface area contributed by atoms with Crippen molar-refractivity contribution in [2.75, 3.05) is 0 Å².